The molecule has 0 aliphatic heterocycles. The summed E-state index contributed by atoms with van der Waals surface area (Å²) in [7, 11) is 0. The molecule has 0 spiro atoms. The minimum Gasteiger partial charge on any atom is -0.381 e. The topological polar surface area (TPSA) is 12.0 Å². The standard InChI is InChI=1S/C12H17Br2N/c1-4-9(5-2)15-12-10(13)6-8(3)7-11(12)14/h6-7,9,15H,4-5H2,1-3H3. The minimum atomic E-state index is 0.542. The van der Waals surface area contributed by atoms with Crippen molar-refractivity contribution in [3.8, 4) is 0 Å². The minimum absolute atomic E-state index is 0.542. The van der Waals surface area contributed by atoms with Crippen molar-refractivity contribution >= 4 is 37.5 Å². The first-order chi connectivity index (χ1) is 7.08. The van der Waals surface area contributed by atoms with Gasteiger partial charge in [-0.25, -0.2) is 0 Å². The molecule has 0 aliphatic rings. The average molecular weight is 335 g/mol. The first-order valence-electron chi connectivity index (χ1n) is 5.30. The Hall–Kier alpha value is -0.0200. The zero-order valence-corrected chi connectivity index (χ0v) is 12.6. The molecule has 0 unspecified atom stereocenters. The van der Waals surface area contributed by atoms with Gasteiger partial charge in [-0.15, -0.1) is 0 Å². The van der Waals surface area contributed by atoms with Crippen molar-refractivity contribution in [1.82, 2.24) is 0 Å². The highest BCUT2D eigenvalue weighted by Crippen LogP contribution is 2.33. The average Bonchev–Trinajstić information content (AvgIpc) is 2.17. The van der Waals surface area contributed by atoms with Crippen LogP contribution in [0.1, 0.15) is 32.3 Å². The molecule has 84 valence electrons. The lowest BCUT2D eigenvalue weighted by atomic mass is 10.1. The van der Waals surface area contributed by atoms with Gasteiger partial charge in [0.25, 0.3) is 0 Å². The molecule has 15 heavy (non-hydrogen) atoms. The Kier molecular flexibility index (Phi) is 5.13. The third kappa shape index (κ3) is 3.49. The summed E-state index contributed by atoms with van der Waals surface area (Å²) in [4.78, 5) is 0. The third-order valence-corrected chi connectivity index (χ3v) is 3.77. The van der Waals surface area contributed by atoms with Crippen LogP contribution < -0.4 is 5.32 Å². The van der Waals surface area contributed by atoms with E-state index in [-0.39, 0.29) is 0 Å². The number of anilines is 1. The highest BCUT2D eigenvalue weighted by atomic mass is 79.9. The van der Waals surface area contributed by atoms with Gasteiger partial charge in [-0.2, -0.15) is 0 Å². The van der Waals surface area contributed by atoms with Crippen molar-refractivity contribution in [2.45, 2.75) is 39.7 Å². The van der Waals surface area contributed by atoms with Crippen molar-refractivity contribution in [1.29, 1.82) is 0 Å². The molecular formula is C12H17Br2N. The second-order valence-corrected chi connectivity index (χ2v) is 5.47. The maximum absolute atomic E-state index is 3.59. The van der Waals surface area contributed by atoms with E-state index in [0.717, 1.165) is 27.5 Å². The summed E-state index contributed by atoms with van der Waals surface area (Å²) in [6.45, 7) is 6.50. The Morgan fingerprint density at radius 1 is 1.13 bits per heavy atom. The first-order valence-corrected chi connectivity index (χ1v) is 6.89. The summed E-state index contributed by atoms with van der Waals surface area (Å²) >= 11 is 7.18. The lowest BCUT2D eigenvalue weighted by molar-refractivity contribution is 0.671. The van der Waals surface area contributed by atoms with Crippen LogP contribution in [0.4, 0.5) is 5.69 Å². The zero-order chi connectivity index (χ0) is 11.4. The highest BCUT2D eigenvalue weighted by Gasteiger charge is 2.09. The molecule has 1 N–H and O–H groups in total. The van der Waals surface area contributed by atoms with Crippen molar-refractivity contribution < 1.29 is 0 Å². The molecule has 0 aliphatic carbocycles. The second-order valence-electron chi connectivity index (χ2n) is 3.76. The van der Waals surface area contributed by atoms with E-state index < -0.39 is 0 Å². The molecule has 1 aromatic carbocycles. The molecular weight excluding hydrogens is 318 g/mol. The van der Waals surface area contributed by atoms with E-state index in [2.05, 4.69) is 70.1 Å². The van der Waals surface area contributed by atoms with E-state index in [0.29, 0.717) is 6.04 Å². The van der Waals surface area contributed by atoms with Crippen molar-refractivity contribution in [3.63, 3.8) is 0 Å². The lowest BCUT2D eigenvalue weighted by Gasteiger charge is -2.19. The van der Waals surface area contributed by atoms with Gasteiger partial charge >= 0.3 is 0 Å². The number of benzene rings is 1. The smallest absolute Gasteiger partial charge is 0.0631 e. The maximum Gasteiger partial charge on any atom is 0.0631 e. The van der Waals surface area contributed by atoms with Gasteiger partial charge in [0.15, 0.2) is 0 Å². The van der Waals surface area contributed by atoms with Crippen LogP contribution >= 0.6 is 31.9 Å². The number of hydrogen-bond donors (Lipinski definition) is 1. The monoisotopic (exact) mass is 333 g/mol. The second kappa shape index (κ2) is 5.90. The van der Waals surface area contributed by atoms with Crippen molar-refractivity contribution in [2.24, 2.45) is 0 Å². The van der Waals surface area contributed by atoms with Gasteiger partial charge in [0.2, 0.25) is 0 Å². The van der Waals surface area contributed by atoms with Gasteiger partial charge in [0.1, 0.15) is 0 Å². The summed E-state index contributed by atoms with van der Waals surface area (Å²) in [5.74, 6) is 0. The number of hydrogen-bond acceptors (Lipinski definition) is 1. The highest BCUT2D eigenvalue weighted by molar-refractivity contribution is 9.11. The van der Waals surface area contributed by atoms with Crippen molar-refractivity contribution in [2.75, 3.05) is 5.32 Å². The summed E-state index contributed by atoms with van der Waals surface area (Å²) in [6, 6.07) is 4.81. The van der Waals surface area contributed by atoms with Crippen LogP contribution in [0.3, 0.4) is 0 Å². The Bertz CT molecular complexity index is 309. The van der Waals surface area contributed by atoms with Crippen LogP contribution in [0.2, 0.25) is 0 Å². The van der Waals surface area contributed by atoms with E-state index in [1.54, 1.807) is 0 Å². The summed E-state index contributed by atoms with van der Waals surface area (Å²) in [6.07, 6.45) is 2.28. The van der Waals surface area contributed by atoms with Crippen LogP contribution in [-0.2, 0) is 0 Å². The van der Waals surface area contributed by atoms with Crippen LogP contribution in [0.25, 0.3) is 0 Å². The predicted octanol–water partition coefficient (Wildman–Crippen LogP) is 5.12. The molecule has 1 nitrogen and oxygen atoms in total. The van der Waals surface area contributed by atoms with Gasteiger partial charge in [-0.05, 0) is 69.3 Å². The summed E-state index contributed by atoms with van der Waals surface area (Å²) < 4.78 is 2.25. The molecule has 0 atom stereocenters. The fraction of sp³-hybridized carbons (Fsp3) is 0.500. The maximum atomic E-state index is 3.59. The largest absolute Gasteiger partial charge is 0.381 e. The fourth-order valence-corrected chi connectivity index (χ4v) is 3.18. The first kappa shape index (κ1) is 13.0. The van der Waals surface area contributed by atoms with E-state index in [1.807, 2.05) is 0 Å². The quantitative estimate of drug-likeness (QED) is 0.805. The molecule has 0 fully saturated rings. The molecule has 0 amide bonds. The number of aryl methyl sites for hydroxylation is 1. The molecule has 1 rings (SSSR count). The Labute approximate surface area is 109 Å². The van der Waals surface area contributed by atoms with Gasteiger partial charge in [-0.1, -0.05) is 13.8 Å². The van der Waals surface area contributed by atoms with E-state index in [4.69, 9.17) is 0 Å². The van der Waals surface area contributed by atoms with E-state index in [9.17, 15) is 0 Å². The predicted molar refractivity (Wildman–Crippen MR) is 74.6 cm³/mol. The van der Waals surface area contributed by atoms with Crippen molar-refractivity contribution in [3.05, 3.63) is 26.6 Å². The summed E-state index contributed by atoms with van der Waals surface area (Å²) in [5, 5.41) is 3.55. The van der Waals surface area contributed by atoms with Crippen LogP contribution in [-0.4, -0.2) is 6.04 Å². The molecule has 0 heterocycles. The van der Waals surface area contributed by atoms with Gasteiger partial charge in [-0.3, -0.25) is 0 Å². The normalized spacial score (nSPS) is 10.8. The number of rotatable bonds is 4. The Morgan fingerprint density at radius 3 is 2.00 bits per heavy atom. The molecule has 0 aromatic heterocycles. The molecule has 0 bridgehead atoms. The third-order valence-electron chi connectivity index (χ3n) is 2.52. The Balaban J connectivity index is 2.94. The Morgan fingerprint density at radius 2 is 1.60 bits per heavy atom. The van der Waals surface area contributed by atoms with Gasteiger partial charge in [0.05, 0.1) is 5.69 Å². The van der Waals surface area contributed by atoms with Crippen LogP contribution in [0, 0.1) is 6.92 Å². The van der Waals surface area contributed by atoms with Gasteiger partial charge < -0.3 is 5.32 Å². The molecule has 1 aromatic rings. The molecule has 3 heteroatoms. The zero-order valence-electron chi connectivity index (χ0n) is 9.40. The lowest BCUT2D eigenvalue weighted by Crippen LogP contribution is -2.17. The summed E-state index contributed by atoms with van der Waals surface area (Å²) in [5.41, 5.74) is 2.41. The number of halogens is 2. The van der Waals surface area contributed by atoms with Crippen LogP contribution in [0.5, 0.6) is 0 Å². The molecule has 0 saturated heterocycles. The van der Waals surface area contributed by atoms with Crippen LogP contribution in [0.15, 0.2) is 21.1 Å². The van der Waals surface area contributed by atoms with Gasteiger partial charge in [0, 0.05) is 15.0 Å². The van der Waals surface area contributed by atoms with E-state index in [1.165, 1.54) is 5.56 Å². The molecule has 0 radical (unpaired) electrons. The molecule has 0 saturated carbocycles. The fourth-order valence-electron chi connectivity index (χ4n) is 1.53. The SMILES string of the molecule is CCC(CC)Nc1c(Br)cc(C)cc1Br. The number of nitrogens with one attached hydrogen (secondary N) is 1. The van der Waals surface area contributed by atoms with E-state index >= 15 is 0 Å².